The number of carbonyl (C=O) groups is 1. The van der Waals surface area contributed by atoms with Crippen molar-refractivity contribution in [3.8, 4) is 0 Å². The average Bonchev–Trinajstić information content (AvgIpc) is 2.06. The second-order valence-electron chi connectivity index (χ2n) is 5.50. The summed E-state index contributed by atoms with van der Waals surface area (Å²) in [4.78, 5) is 13.3. The van der Waals surface area contributed by atoms with E-state index < -0.39 is 5.60 Å². The Morgan fingerprint density at radius 1 is 1.50 bits per heavy atom. The number of hydrogen-bond donors (Lipinski definition) is 1. The van der Waals surface area contributed by atoms with Gasteiger partial charge < -0.3 is 14.7 Å². The quantitative estimate of drug-likeness (QED) is 0.803. The summed E-state index contributed by atoms with van der Waals surface area (Å²) in [5, 5.41) is 9.14. The molecule has 0 spiro atoms. The maximum absolute atomic E-state index is 11.6. The summed E-state index contributed by atoms with van der Waals surface area (Å²) < 4.78 is 5.26. The van der Waals surface area contributed by atoms with Crippen molar-refractivity contribution in [3.63, 3.8) is 0 Å². The van der Waals surface area contributed by atoms with Crippen LogP contribution in [0.3, 0.4) is 0 Å². The van der Waals surface area contributed by atoms with Crippen LogP contribution >= 0.6 is 0 Å². The molecule has 0 saturated carbocycles. The van der Waals surface area contributed by atoms with Gasteiger partial charge in [0.1, 0.15) is 5.60 Å². The van der Waals surface area contributed by atoms with Crippen molar-refractivity contribution < 1.29 is 14.6 Å². The van der Waals surface area contributed by atoms with E-state index in [1.54, 1.807) is 4.90 Å². The van der Waals surface area contributed by atoms with Crippen LogP contribution in [-0.2, 0) is 4.74 Å². The standard InChI is InChI=1S/C12H23NO3/c1-5-9(8-14)10-6-13(7-10)11(15)16-12(2,3)4/h9-10,14H,5-8H2,1-4H3. The van der Waals surface area contributed by atoms with Crippen molar-refractivity contribution in [2.24, 2.45) is 11.8 Å². The first-order valence-electron chi connectivity index (χ1n) is 5.96. The Morgan fingerprint density at radius 3 is 2.44 bits per heavy atom. The summed E-state index contributed by atoms with van der Waals surface area (Å²) in [5.74, 6) is 0.751. The number of aliphatic hydroxyl groups is 1. The molecule has 1 atom stereocenters. The molecule has 1 aliphatic rings. The number of hydrogen-bond acceptors (Lipinski definition) is 3. The first-order chi connectivity index (χ1) is 7.37. The molecule has 1 aliphatic heterocycles. The highest BCUT2D eigenvalue weighted by molar-refractivity contribution is 5.69. The van der Waals surface area contributed by atoms with Crippen LogP contribution in [0.25, 0.3) is 0 Å². The van der Waals surface area contributed by atoms with Crippen LogP contribution in [0.15, 0.2) is 0 Å². The predicted octanol–water partition coefficient (Wildman–Crippen LogP) is 1.87. The van der Waals surface area contributed by atoms with Crippen LogP contribution in [-0.4, -0.2) is 41.4 Å². The third-order valence-corrected chi connectivity index (χ3v) is 2.99. The molecule has 16 heavy (non-hydrogen) atoms. The van der Waals surface area contributed by atoms with Crippen molar-refractivity contribution in [3.05, 3.63) is 0 Å². The Bertz CT molecular complexity index is 237. The van der Waals surface area contributed by atoms with E-state index in [9.17, 15) is 4.79 Å². The molecule has 1 N–H and O–H groups in total. The lowest BCUT2D eigenvalue weighted by Gasteiger charge is -2.42. The van der Waals surface area contributed by atoms with Crippen LogP contribution in [0.4, 0.5) is 4.79 Å². The van der Waals surface area contributed by atoms with Gasteiger partial charge in [-0.25, -0.2) is 4.79 Å². The minimum atomic E-state index is -0.427. The number of ether oxygens (including phenoxy) is 1. The molecule has 0 radical (unpaired) electrons. The Labute approximate surface area is 97.6 Å². The molecule has 1 amide bonds. The van der Waals surface area contributed by atoms with Gasteiger partial charge in [0.25, 0.3) is 0 Å². The molecule has 94 valence electrons. The summed E-state index contributed by atoms with van der Waals surface area (Å²) in [6.07, 6.45) is 0.722. The molecule has 0 aliphatic carbocycles. The summed E-state index contributed by atoms with van der Waals surface area (Å²) in [6.45, 7) is 9.31. The predicted molar refractivity (Wildman–Crippen MR) is 62.2 cm³/mol. The maximum atomic E-state index is 11.6. The fourth-order valence-corrected chi connectivity index (χ4v) is 1.90. The zero-order valence-electron chi connectivity index (χ0n) is 10.7. The summed E-state index contributed by atoms with van der Waals surface area (Å²) in [7, 11) is 0. The van der Waals surface area contributed by atoms with Crippen molar-refractivity contribution >= 4 is 6.09 Å². The van der Waals surface area contributed by atoms with Gasteiger partial charge in [-0.1, -0.05) is 13.3 Å². The fourth-order valence-electron chi connectivity index (χ4n) is 1.90. The molecule has 0 aromatic carbocycles. The highest BCUT2D eigenvalue weighted by Gasteiger charge is 2.37. The normalized spacial score (nSPS) is 19.2. The van der Waals surface area contributed by atoms with Crippen molar-refractivity contribution in [1.29, 1.82) is 0 Å². The number of likely N-dealkylation sites (tertiary alicyclic amines) is 1. The van der Waals surface area contributed by atoms with Gasteiger partial charge in [0.15, 0.2) is 0 Å². The molecule has 0 aromatic rings. The van der Waals surface area contributed by atoms with Crippen LogP contribution in [0.5, 0.6) is 0 Å². The van der Waals surface area contributed by atoms with Gasteiger partial charge in [0.2, 0.25) is 0 Å². The second-order valence-corrected chi connectivity index (χ2v) is 5.50. The van der Waals surface area contributed by atoms with E-state index in [4.69, 9.17) is 9.84 Å². The molecule has 0 bridgehead atoms. The lowest BCUT2D eigenvalue weighted by Crippen LogP contribution is -2.54. The molecular weight excluding hydrogens is 206 g/mol. The summed E-state index contributed by atoms with van der Waals surface area (Å²) >= 11 is 0. The van der Waals surface area contributed by atoms with Crippen LogP contribution in [0.1, 0.15) is 34.1 Å². The topological polar surface area (TPSA) is 49.8 Å². The number of carbonyl (C=O) groups excluding carboxylic acids is 1. The van der Waals surface area contributed by atoms with Gasteiger partial charge >= 0.3 is 6.09 Å². The fraction of sp³-hybridized carbons (Fsp3) is 0.917. The van der Waals surface area contributed by atoms with E-state index in [2.05, 4.69) is 6.92 Å². The zero-order valence-corrected chi connectivity index (χ0v) is 10.7. The lowest BCUT2D eigenvalue weighted by atomic mass is 9.85. The van der Waals surface area contributed by atoms with Gasteiger partial charge in [-0.15, -0.1) is 0 Å². The molecule has 1 heterocycles. The van der Waals surface area contributed by atoms with Gasteiger partial charge in [-0.2, -0.15) is 0 Å². The monoisotopic (exact) mass is 229 g/mol. The summed E-state index contributed by atoms with van der Waals surface area (Å²) in [5.41, 5.74) is -0.427. The van der Waals surface area contributed by atoms with Crippen molar-refractivity contribution in [2.45, 2.75) is 39.7 Å². The third-order valence-electron chi connectivity index (χ3n) is 2.99. The van der Waals surface area contributed by atoms with E-state index in [0.717, 1.165) is 6.42 Å². The molecule has 0 aromatic heterocycles. The van der Waals surface area contributed by atoms with Gasteiger partial charge in [-0.05, 0) is 32.6 Å². The lowest BCUT2D eigenvalue weighted by molar-refractivity contribution is -0.0173. The van der Waals surface area contributed by atoms with Gasteiger partial charge in [0, 0.05) is 19.7 Å². The SMILES string of the molecule is CCC(CO)C1CN(C(=O)OC(C)(C)C)C1. The Hall–Kier alpha value is -0.770. The van der Waals surface area contributed by atoms with E-state index in [1.807, 2.05) is 20.8 Å². The molecule has 1 saturated heterocycles. The van der Waals surface area contributed by atoms with Gasteiger partial charge in [0.05, 0.1) is 0 Å². The minimum absolute atomic E-state index is 0.212. The molecule has 4 heteroatoms. The number of aliphatic hydroxyl groups excluding tert-OH is 1. The third kappa shape index (κ3) is 3.37. The molecule has 1 unspecified atom stereocenters. The average molecular weight is 229 g/mol. The van der Waals surface area contributed by atoms with Crippen molar-refractivity contribution in [1.82, 2.24) is 4.90 Å². The smallest absolute Gasteiger partial charge is 0.410 e. The highest BCUT2D eigenvalue weighted by Crippen LogP contribution is 2.27. The number of nitrogens with zero attached hydrogens (tertiary/aromatic N) is 1. The zero-order chi connectivity index (χ0) is 12.3. The van der Waals surface area contributed by atoms with Crippen LogP contribution < -0.4 is 0 Å². The van der Waals surface area contributed by atoms with E-state index in [1.165, 1.54) is 0 Å². The van der Waals surface area contributed by atoms with Crippen molar-refractivity contribution in [2.75, 3.05) is 19.7 Å². The number of amides is 1. The van der Waals surface area contributed by atoms with E-state index >= 15 is 0 Å². The van der Waals surface area contributed by atoms with E-state index in [0.29, 0.717) is 24.9 Å². The Morgan fingerprint density at radius 2 is 2.06 bits per heavy atom. The molecule has 1 rings (SSSR count). The largest absolute Gasteiger partial charge is 0.444 e. The minimum Gasteiger partial charge on any atom is -0.444 e. The molecule has 4 nitrogen and oxygen atoms in total. The van der Waals surface area contributed by atoms with E-state index in [-0.39, 0.29) is 12.7 Å². The summed E-state index contributed by atoms with van der Waals surface area (Å²) in [6, 6.07) is 0. The molecular formula is C12H23NO3. The first kappa shape index (κ1) is 13.3. The van der Waals surface area contributed by atoms with Gasteiger partial charge in [-0.3, -0.25) is 0 Å². The Kier molecular flexibility index (Phi) is 4.19. The number of rotatable bonds is 3. The van der Waals surface area contributed by atoms with Crippen LogP contribution in [0, 0.1) is 11.8 Å². The Balaban J connectivity index is 2.33. The maximum Gasteiger partial charge on any atom is 0.410 e. The second kappa shape index (κ2) is 5.04. The first-order valence-corrected chi connectivity index (χ1v) is 5.96. The van der Waals surface area contributed by atoms with Crippen LogP contribution in [0.2, 0.25) is 0 Å². The highest BCUT2D eigenvalue weighted by atomic mass is 16.6. The molecule has 1 fully saturated rings.